The summed E-state index contributed by atoms with van der Waals surface area (Å²) in [5.74, 6) is 0.476. The summed E-state index contributed by atoms with van der Waals surface area (Å²) in [6.45, 7) is 10.3. The van der Waals surface area contributed by atoms with Crippen LogP contribution in [-0.2, 0) is 4.74 Å². The number of ether oxygens (including phenoxy) is 1. The standard InChI is InChI=1S/C16H27N3O2S/c1-12(14-17-7-9-22-14)18-10-13-6-5-8-19(11-13)15(20)21-16(2,3)4/h7,9,12-13,18H,5-6,8,10-11H2,1-4H3. The summed E-state index contributed by atoms with van der Waals surface area (Å²) in [7, 11) is 0. The SMILES string of the molecule is CC(NCC1CCCN(C(=O)OC(C)(C)C)C1)c1nccs1. The van der Waals surface area contributed by atoms with Gasteiger partial charge in [0, 0.05) is 31.2 Å². The molecule has 124 valence electrons. The minimum atomic E-state index is -0.429. The number of carbonyl (C=O) groups is 1. The Kier molecular flexibility index (Phi) is 5.81. The van der Waals surface area contributed by atoms with E-state index in [0.29, 0.717) is 5.92 Å². The fourth-order valence-electron chi connectivity index (χ4n) is 2.60. The second kappa shape index (κ2) is 7.42. The molecule has 2 rings (SSSR count). The van der Waals surface area contributed by atoms with Gasteiger partial charge in [0.15, 0.2) is 0 Å². The second-order valence-electron chi connectivity index (χ2n) is 6.93. The molecule has 2 heterocycles. The molecule has 1 amide bonds. The number of hydrogen-bond donors (Lipinski definition) is 1. The normalized spacial score (nSPS) is 20.7. The number of aromatic nitrogens is 1. The zero-order valence-corrected chi connectivity index (χ0v) is 14.8. The molecule has 1 aromatic heterocycles. The van der Waals surface area contributed by atoms with Crippen LogP contribution < -0.4 is 5.32 Å². The summed E-state index contributed by atoms with van der Waals surface area (Å²) >= 11 is 1.67. The van der Waals surface area contributed by atoms with Crippen LogP contribution in [0.4, 0.5) is 4.79 Å². The first-order valence-corrected chi connectivity index (χ1v) is 8.84. The molecule has 0 aromatic carbocycles. The molecule has 1 N–H and O–H groups in total. The lowest BCUT2D eigenvalue weighted by molar-refractivity contribution is 0.0165. The van der Waals surface area contributed by atoms with Crippen LogP contribution in [0.15, 0.2) is 11.6 Å². The number of nitrogens with zero attached hydrogens (tertiary/aromatic N) is 2. The first kappa shape index (κ1) is 17.2. The highest BCUT2D eigenvalue weighted by molar-refractivity contribution is 7.09. The van der Waals surface area contributed by atoms with E-state index < -0.39 is 5.60 Å². The van der Waals surface area contributed by atoms with Gasteiger partial charge >= 0.3 is 6.09 Å². The third-order valence-corrected chi connectivity index (χ3v) is 4.66. The Hall–Kier alpha value is -1.14. The zero-order valence-electron chi connectivity index (χ0n) is 14.0. The largest absolute Gasteiger partial charge is 0.444 e. The van der Waals surface area contributed by atoms with E-state index in [0.717, 1.165) is 37.5 Å². The van der Waals surface area contributed by atoms with Gasteiger partial charge in [-0.1, -0.05) is 0 Å². The van der Waals surface area contributed by atoms with E-state index in [9.17, 15) is 4.79 Å². The number of nitrogens with one attached hydrogen (secondary N) is 1. The summed E-state index contributed by atoms with van der Waals surface area (Å²) in [5, 5.41) is 6.64. The Labute approximate surface area is 137 Å². The average Bonchev–Trinajstić information content (AvgIpc) is 2.97. The predicted octanol–water partition coefficient (Wildman–Crippen LogP) is 3.44. The first-order valence-electron chi connectivity index (χ1n) is 7.96. The maximum Gasteiger partial charge on any atom is 0.410 e. The van der Waals surface area contributed by atoms with E-state index in [4.69, 9.17) is 4.74 Å². The first-order chi connectivity index (χ1) is 10.3. The third kappa shape index (κ3) is 5.25. The van der Waals surface area contributed by atoms with Crippen molar-refractivity contribution in [2.24, 2.45) is 5.92 Å². The van der Waals surface area contributed by atoms with Gasteiger partial charge in [0.05, 0.1) is 6.04 Å². The van der Waals surface area contributed by atoms with Crippen molar-refractivity contribution in [2.75, 3.05) is 19.6 Å². The topological polar surface area (TPSA) is 54.5 Å². The average molecular weight is 325 g/mol. The monoisotopic (exact) mass is 325 g/mol. The van der Waals surface area contributed by atoms with E-state index in [-0.39, 0.29) is 12.1 Å². The zero-order chi connectivity index (χ0) is 16.2. The maximum atomic E-state index is 12.2. The molecule has 5 nitrogen and oxygen atoms in total. The van der Waals surface area contributed by atoms with Crippen molar-refractivity contribution in [3.05, 3.63) is 16.6 Å². The van der Waals surface area contributed by atoms with Crippen molar-refractivity contribution in [2.45, 2.75) is 52.2 Å². The number of amides is 1. The minimum absolute atomic E-state index is 0.190. The number of thiazole rings is 1. The summed E-state index contributed by atoms with van der Waals surface area (Å²) in [4.78, 5) is 18.3. The summed E-state index contributed by atoms with van der Waals surface area (Å²) in [6.07, 6.45) is 3.84. The van der Waals surface area contributed by atoms with Crippen molar-refractivity contribution in [3.8, 4) is 0 Å². The van der Waals surface area contributed by atoms with Gasteiger partial charge < -0.3 is 15.0 Å². The van der Waals surface area contributed by atoms with E-state index in [1.807, 2.05) is 37.2 Å². The van der Waals surface area contributed by atoms with Gasteiger partial charge in [-0.2, -0.15) is 0 Å². The molecular formula is C16H27N3O2S. The van der Waals surface area contributed by atoms with Crippen LogP contribution in [0.25, 0.3) is 0 Å². The van der Waals surface area contributed by atoms with E-state index in [1.165, 1.54) is 0 Å². The van der Waals surface area contributed by atoms with Crippen molar-refractivity contribution in [3.63, 3.8) is 0 Å². The highest BCUT2D eigenvalue weighted by Gasteiger charge is 2.27. The highest BCUT2D eigenvalue weighted by atomic mass is 32.1. The van der Waals surface area contributed by atoms with Crippen LogP contribution in [0.3, 0.4) is 0 Å². The minimum Gasteiger partial charge on any atom is -0.444 e. The molecule has 2 atom stereocenters. The Bertz CT molecular complexity index is 470. The van der Waals surface area contributed by atoms with Gasteiger partial charge in [0.1, 0.15) is 10.6 Å². The Balaban J connectivity index is 1.79. The van der Waals surface area contributed by atoms with Crippen molar-refractivity contribution < 1.29 is 9.53 Å². The van der Waals surface area contributed by atoms with Gasteiger partial charge in [-0.05, 0) is 46.5 Å². The summed E-state index contributed by atoms with van der Waals surface area (Å²) in [6, 6.07) is 0.261. The predicted molar refractivity (Wildman–Crippen MR) is 89.1 cm³/mol. The molecule has 1 fully saturated rings. The molecule has 0 radical (unpaired) electrons. The molecule has 22 heavy (non-hydrogen) atoms. The van der Waals surface area contributed by atoms with Gasteiger partial charge in [-0.3, -0.25) is 0 Å². The van der Waals surface area contributed by atoms with Crippen LogP contribution >= 0.6 is 11.3 Å². The van der Waals surface area contributed by atoms with Crippen molar-refractivity contribution in [1.82, 2.24) is 15.2 Å². The van der Waals surface area contributed by atoms with Crippen LogP contribution in [-0.4, -0.2) is 41.2 Å². The van der Waals surface area contributed by atoms with E-state index >= 15 is 0 Å². The van der Waals surface area contributed by atoms with Crippen LogP contribution in [0.5, 0.6) is 0 Å². The molecule has 1 aliphatic rings. The van der Waals surface area contributed by atoms with Gasteiger partial charge in [0.2, 0.25) is 0 Å². The number of likely N-dealkylation sites (tertiary alicyclic amines) is 1. The number of piperidine rings is 1. The molecule has 0 bridgehead atoms. The summed E-state index contributed by atoms with van der Waals surface area (Å²) < 4.78 is 5.47. The summed E-state index contributed by atoms with van der Waals surface area (Å²) in [5.41, 5.74) is -0.429. The fraction of sp³-hybridized carbons (Fsp3) is 0.750. The van der Waals surface area contributed by atoms with Gasteiger partial charge in [-0.15, -0.1) is 11.3 Å². The Morgan fingerprint density at radius 3 is 3.00 bits per heavy atom. The second-order valence-corrected chi connectivity index (χ2v) is 7.86. The molecule has 0 aliphatic carbocycles. The van der Waals surface area contributed by atoms with E-state index in [2.05, 4.69) is 17.2 Å². The lowest BCUT2D eigenvalue weighted by Crippen LogP contribution is -2.45. The molecule has 0 saturated carbocycles. The lowest BCUT2D eigenvalue weighted by Gasteiger charge is -2.34. The molecule has 1 aromatic rings. The van der Waals surface area contributed by atoms with Crippen molar-refractivity contribution >= 4 is 17.4 Å². The van der Waals surface area contributed by atoms with Crippen LogP contribution in [0.2, 0.25) is 0 Å². The van der Waals surface area contributed by atoms with Gasteiger partial charge in [0.25, 0.3) is 0 Å². The molecular weight excluding hydrogens is 298 g/mol. The molecule has 2 unspecified atom stereocenters. The van der Waals surface area contributed by atoms with E-state index in [1.54, 1.807) is 11.3 Å². The third-order valence-electron chi connectivity index (χ3n) is 3.71. The van der Waals surface area contributed by atoms with Crippen molar-refractivity contribution in [1.29, 1.82) is 0 Å². The number of carbonyl (C=O) groups excluding carboxylic acids is 1. The quantitative estimate of drug-likeness (QED) is 0.921. The number of hydrogen-bond acceptors (Lipinski definition) is 5. The molecule has 1 aliphatic heterocycles. The lowest BCUT2D eigenvalue weighted by atomic mass is 9.98. The van der Waals surface area contributed by atoms with Gasteiger partial charge in [-0.25, -0.2) is 9.78 Å². The Morgan fingerprint density at radius 2 is 2.36 bits per heavy atom. The van der Waals surface area contributed by atoms with Crippen LogP contribution in [0.1, 0.15) is 51.6 Å². The number of rotatable bonds is 4. The molecule has 6 heteroatoms. The maximum absolute atomic E-state index is 12.2. The smallest absolute Gasteiger partial charge is 0.410 e. The van der Waals surface area contributed by atoms with Crippen LogP contribution in [0, 0.1) is 5.92 Å². The molecule has 0 spiro atoms. The highest BCUT2D eigenvalue weighted by Crippen LogP contribution is 2.20. The molecule has 1 saturated heterocycles. The Morgan fingerprint density at radius 1 is 1.59 bits per heavy atom. The fourth-order valence-corrected chi connectivity index (χ4v) is 3.27.